The van der Waals surface area contributed by atoms with Crippen LogP contribution >= 0.6 is 11.3 Å². The smallest absolute Gasteiger partial charge is 0.0375 e. The highest BCUT2D eigenvalue weighted by Gasteiger charge is 2.36. The van der Waals surface area contributed by atoms with E-state index in [4.69, 9.17) is 5.73 Å². The van der Waals surface area contributed by atoms with Crippen LogP contribution in [0.3, 0.4) is 0 Å². The summed E-state index contributed by atoms with van der Waals surface area (Å²) in [6.07, 6.45) is 3.36. The number of fused-ring (bicyclic) bond motifs is 1. The molecule has 20 heavy (non-hydrogen) atoms. The van der Waals surface area contributed by atoms with Gasteiger partial charge in [0, 0.05) is 18.6 Å². The van der Waals surface area contributed by atoms with Gasteiger partial charge in [-0.05, 0) is 59.8 Å². The highest BCUT2D eigenvalue weighted by molar-refractivity contribution is 7.07. The first-order valence-electron chi connectivity index (χ1n) is 7.23. The van der Waals surface area contributed by atoms with Crippen molar-refractivity contribution in [2.45, 2.75) is 31.3 Å². The van der Waals surface area contributed by atoms with Crippen LogP contribution in [-0.4, -0.2) is 24.0 Å². The van der Waals surface area contributed by atoms with Gasteiger partial charge in [-0.1, -0.05) is 24.3 Å². The van der Waals surface area contributed by atoms with Crippen molar-refractivity contribution in [3.63, 3.8) is 0 Å². The summed E-state index contributed by atoms with van der Waals surface area (Å²) in [5.74, 6) is 0. The molecular weight excluding hydrogens is 264 g/mol. The van der Waals surface area contributed by atoms with E-state index in [1.54, 1.807) is 11.3 Å². The van der Waals surface area contributed by atoms with Crippen LogP contribution in [-0.2, 0) is 19.4 Å². The lowest BCUT2D eigenvalue weighted by molar-refractivity contribution is 0.101. The van der Waals surface area contributed by atoms with E-state index in [9.17, 15) is 0 Å². The van der Waals surface area contributed by atoms with Gasteiger partial charge in [0.15, 0.2) is 0 Å². The summed E-state index contributed by atoms with van der Waals surface area (Å²) in [5.41, 5.74) is 10.7. The number of aryl methyl sites for hydroxylation is 1. The molecule has 1 aromatic heterocycles. The Hall–Kier alpha value is -1.16. The van der Waals surface area contributed by atoms with E-state index in [-0.39, 0.29) is 5.54 Å². The van der Waals surface area contributed by atoms with E-state index < -0.39 is 0 Å². The topological polar surface area (TPSA) is 29.3 Å². The third kappa shape index (κ3) is 2.53. The molecule has 3 heteroatoms. The van der Waals surface area contributed by atoms with Gasteiger partial charge >= 0.3 is 0 Å². The highest BCUT2D eigenvalue weighted by Crippen LogP contribution is 2.33. The summed E-state index contributed by atoms with van der Waals surface area (Å²) >= 11 is 1.77. The van der Waals surface area contributed by atoms with Crippen molar-refractivity contribution in [1.82, 2.24) is 4.90 Å². The van der Waals surface area contributed by atoms with Crippen LogP contribution in [0.5, 0.6) is 0 Å². The molecule has 0 amide bonds. The van der Waals surface area contributed by atoms with Crippen molar-refractivity contribution in [1.29, 1.82) is 0 Å². The number of hydrogen-bond acceptors (Lipinski definition) is 3. The second-order valence-electron chi connectivity index (χ2n) is 5.86. The Morgan fingerprint density at radius 3 is 2.75 bits per heavy atom. The van der Waals surface area contributed by atoms with Gasteiger partial charge in [0.2, 0.25) is 0 Å². The standard InChI is InChI=1S/C17H22N2S/c1-19(11-14-7-9-20-12-14)17(13-18)8-6-15-4-2-3-5-16(15)10-17/h2-5,7,9,12H,6,8,10-11,13,18H2,1H3. The van der Waals surface area contributed by atoms with Crippen LogP contribution in [0.25, 0.3) is 0 Å². The third-order valence-electron chi connectivity index (χ3n) is 4.69. The van der Waals surface area contributed by atoms with Gasteiger partial charge in [-0.15, -0.1) is 0 Å². The molecule has 0 spiro atoms. The molecule has 0 bridgehead atoms. The number of nitrogens with zero attached hydrogens (tertiary/aromatic N) is 1. The maximum atomic E-state index is 6.19. The molecule has 2 N–H and O–H groups in total. The average Bonchev–Trinajstić information content (AvgIpc) is 2.99. The first-order valence-corrected chi connectivity index (χ1v) is 8.17. The first-order chi connectivity index (χ1) is 9.73. The zero-order chi connectivity index (χ0) is 14.0. The number of thiophene rings is 1. The predicted octanol–water partition coefficient (Wildman–Crippen LogP) is 3.07. The lowest BCUT2D eigenvalue weighted by atomic mass is 9.77. The molecule has 0 radical (unpaired) electrons. The second kappa shape index (κ2) is 5.68. The second-order valence-corrected chi connectivity index (χ2v) is 6.64. The minimum absolute atomic E-state index is 0.107. The van der Waals surface area contributed by atoms with Crippen LogP contribution in [0, 0.1) is 0 Å². The summed E-state index contributed by atoms with van der Waals surface area (Å²) in [4.78, 5) is 2.46. The largest absolute Gasteiger partial charge is 0.329 e. The van der Waals surface area contributed by atoms with Crippen LogP contribution in [0.1, 0.15) is 23.1 Å². The molecule has 0 saturated carbocycles. The van der Waals surface area contributed by atoms with E-state index in [2.05, 4.69) is 53.0 Å². The van der Waals surface area contributed by atoms with Crippen LogP contribution in [0.2, 0.25) is 0 Å². The maximum Gasteiger partial charge on any atom is 0.0375 e. The number of hydrogen-bond donors (Lipinski definition) is 1. The molecule has 1 aliphatic carbocycles. The minimum Gasteiger partial charge on any atom is -0.329 e. The molecule has 106 valence electrons. The van der Waals surface area contributed by atoms with E-state index in [0.717, 1.165) is 32.4 Å². The van der Waals surface area contributed by atoms with Gasteiger partial charge in [-0.25, -0.2) is 0 Å². The van der Waals surface area contributed by atoms with Gasteiger partial charge in [-0.3, -0.25) is 4.90 Å². The van der Waals surface area contributed by atoms with Gasteiger partial charge in [0.25, 0.3) is 0 Å². The summed E-state index contributed by atoms with van der Waals surface area (Å²) in [5, 5.41) is 4.38. The third-order valence-corrected chi connectivity index (χ3v) is 5.42. The summed E-state index contributed by atoms with van der Waals surface area (Å²) in [6.45, 7) is 1.71. The molecule has 1 aromatic carbocycles. The fourth-order valence-corrected chi connectivity index (χ4v) is 3.92. The molecule has 0 aliphatic heterocycles. The molecular formula is C17H22N2S. The molecule has 1 atom stereocenters. The fourth-order valence-electron chi connectivity index (χ4n) is 3.26. The zero-order valence-corrected chi connectivity index (χ0v) is 12.8. The summed E-state index contributed by atoms with van der Waals surface area (Å²) in [6, 6.07) is 11.0. The molecule has 0 fully saturated rings. The van der Waals surface area contributed by atoms with Crippen LogP contribution in [0.15, 0.2) is 41.1 Å². The molecule has 1 aliphatic rings. The number of likely N-dealkylation sites (N-methyl/N-ethyl adjacent to an activating group) is 1. The van der Waals surface area contributed by atoms with Gasteiger partial charge < -0.3 is 5.73 Å². The SMILES string of the molecule is CN(Cc1ccsc1)C1(CN)CCc2ccccc2C1. The summed E-state index contributed by atoms with van der Waals surface area (Å²) < 4.78 is 0. The van der Waals surface area contributed by atoms with Gasteiger partial charge in [0.05, 0.1) is 0 Å². The number of rotatable bonds is 4. The molecule has 2 nitrogen and oxygen atoms in total. The van der Waals surface area contributed by atoms with E-state index in [1.165, 1.54) is 16.7 Å². The quantitative estimate of drug-likeness (QED) is 0.936. The lowest BCUT2D eigenvalue weighted by Gasteiger charge is -2.44. The van der Waals surface area contributed by atoms with Crippen molar-refractivity contribution in [3.05, 3.63) is 57.8 Å². The molecule has 0 saturated heterocycles. The van der Waals surface area contributed by atoms with Crippen molar-refractivity contribution in [3.8, 4) is 0 Å². The molecule has 3 rings (SSSR count). The normalized spacial score (nSPS) is 21.9. The maximum absolute atomic E-state index is 6.19. The van der Waals surface area contributed by atoms with Gasteiger partial charge in [-0.2, -0.15) is 11.3 Å². The van der Waals surface area contributed by atoms with E-state index in [0.29, 0.717) is 0 Å². The Kier molecular flexibility index (Phi) is 3.92. The fraction of sp³-hybridized carbons (Fsp3) is 0.412. The van der Waals surface area contributed by atoms with Crippen LogP contribution in [0.4, 0.5) is 0 Å². The monoisotopic (exact) mass is 286 g/mol. The molecule has 1 heterocycles. The van der Waals surface area contributed by atoms with E-state index >= 15 is 0 Å². The highest BCUT2D eigenvalue weighted by atomic mass is 32.1. The minimum atomic E-state index is 0.107. The van der Waals surface area contributed by atoms with Crippen LogP contribution < -0.4 is 5.73 Å². The predicted molar refractivity (Wildman–Crippen MR) is 86.0 cm³/mol. The number of nitrogens with two attached hydrogens (primary N) is 1. The van der Waals surface area contributed by atoms with Crippen molar-refractivity contribution in [2.75, 3.05) is 13.6 Å². The summed E-state index contributed by atoms with van der Waals surface area (Å²) in [7, 11) is 2.22. The Labute approximate surface area is 125 Å². The number of benzene rings is 1. The average molecular weight is 286 g/mol. The Morgan fingerprint density at radius 2 is 2.05 bits per heavy atom. The Morgan fingerprint density at radius 1 is 1.25 bits per heavy atom. The van der Waals surface area contributed by atoms with Crippen molar-refractivity contribution in [2.24, 2.45) is 5.73 Å². The lowest BCUT2D eigenvalue weighted by Crippen LogP contribution is -2.55. The van der Waals surface area contributed by atoms with Gasteiger partial charge in [0.1, 0.15) is 0 Å². The Bertz CT molecular complexity index is 564. The zero-order valence-electron chi connectivity index (χ0n) is 12.0. The first kappa shape index (κ1) is 13.8. The Balaban J connectivity index is 1.82. The van der Waals surface area contributed by atoms with Crippen molar-refractivity contribution < 1.29 is 0 Å². The molecule has 1 unspecified atom stereocenters. The molecule has 2 aromatic rings. The van der Waals surface area contributed by atoms with Crippen molar-refractivity contribution >= 4 is 11.3 Å². The van der Waals surface area contributed by atoms with E-state index in [1.807, 2.05) is 0 Å².